The number of halogens is 1. The highest BCUT2D eigenvalue weighted by molar-refractivity contribution is 14.1. The van der Waals surface area contributed by atoms with Crippen LogP contribution in [0.25, 0.3) is 0 Å². The van der Waals surface area contributed by atoms with Gasteiger partial charge in [-0.05, 0) is 41.5 Å². The van der Waals surface area contributed by atoms with Gasteiger partial charge in [-0.25, -0.2) is 0 Å². The van der Waals surface area contributed by atoms with E-state index < -0.39 is 0 Å². The van der Waals surface area contributed by atoms with Gasteiger partial charge in [0.05, 0.1) is 0 Å². The van der Waals surface area contributed by atoms with Crippen LogP contribution in [-0.2, 0) is 0 Å². The van der Waals surface area contributed by atoms with Gasteiger partial charge < -0.3 is 10.2 Å². The van der Waals surface area contributed by atoms with Crippen LogP contribution >= 0.6 is 22.6 Å². The van der Waals surface area contributed by atoms with Gasteiger partial charge in [0.15, 0.2) is 0 Å². The molecule has 0 aliphatic carbocycles. The third-order valence-electron chi connectivity index (χ3n) is 2.49. The van der Waals surface area contributed by atoms with E-state index in [-0.39, 0.29) is 5.91 Å². The molecule has 0 aliphatic heterocycles. The van der Waals surface area contributed by atoms with Crippen molar-refractivity contribution in [3.63, 3.8) is 0 Å². The van der Waals surface area contributed by atoms with Gasteiger partial charge in [0.1, 0.15) is 0 Å². The number of rotatable bonds is 6. The van der Waals surface area contributed by atoms with Crippen LogP contribution in [0.3, 0.4) is 0 Å². The summed E-state index contributed by atoms with van der Waals surface area (Å²) in [5.41, 5.74) is 1.83. The van der Waals surface area contributed by atoms with E-state index in [4.69, 9.17) is 0 Å². The molecule has 0 heterocycles. The maximum Gasteiger partial charge on any atom is 0.251 e. The number of carbonyl (C=O) groups excluding carboxylic acids is 1. The normalized spacial score (nSPS) is 10.1. The molecule has 1 aromatic rings. The summed E-state index contributed by atoms with van der Waals surface area (Å²) in [5.74, 6) is 0.0174. The largest absolute Gasteiger partial charge is 0.378 e. The molecule has 1 N–H and O–H groups in total. The number of unbranched alkanes of at least 4 members (excludes halogenated alkanes) is 1. The number of hydrogen-bond donors (Lipinski definition) is 1. The van der Waals surface area contributed by atoms with Crippen LogP contribution in [0.5, 0.6) is 0 Å². The highest BCUT2D eigenvalue weighted by atomic mass is 127. The van der Waals surface area contributed by atoms with Crippen LogP contribution in [-0.4, -0.2) is 31.0 Å². The quantitative estimate of drug-likeness (QED) is 0.488. The Bertz CT molecular complexity index is 349. The molecule has 0 aromatic heterocycles. The minimum atomic E-state index is 0.0174. The van der Waals surface area contributed by atoms with Crippen molar-refractivity contribution >= 4 is 34.2 Å². The van der Waals surface area contributed by atoms with Crippen molar-refractivity contribution in [1.82, 2.24) is 5.32 Å². The molecule has 0 fully saturated rings. The fourth-order valence-corrected chi connectivity index (χ4v) is 1.97. The first-order chi connectivity index (χ1) is 8.15. The Kier molecular flexibility index (Phi) is 6.32. The number of alkyl halides is 1. The SMILES string of the molecule is CN(C)c1ccc(C(=O)NCCCCI)cc1. The number of nitrogens with zero attached hydrogens (tertiary/aromatic N) is 1. The highest BCUT2D eigenvalue weighted by Crippen LogP contribution is 2.12. The topological polar surface area (TPSA) is 32.3 Å². The van der Waals surface area contributed by atoms with Crippen LogP contribution in [0.15, 0.2) is 24.3 Å². The summed E-state index contributed by atoms with van der Waals surface area (Å²) < 4.78 is 1.14. The Morgan fingerprint density at radius 2 is 1.88 bits per heavy atom. The average Bonchev–Trinajstić information content (AvgIpc) is 2.34. The summed E-state index contributed by atoms with van der Waals surface area (Å²) >= 11 is 2.35. The third-order valence-corrected chi connectivity index (χ3v) is 3.25. The molecule has 3 nitrogen and oxygen atoms in total. The van der Waals surface area contributed by atoms with E-state index in [0.717, 1.165) is 35.1 Å². The van der Waals surface area contributed by atoms with Crippen LogP contribution in [0, 0.1) is 0 Å². The number of hydrogen-bond acceptors (Lipinski definition) is 2. The second-order valence-corrected chi connectivity index (χ2v) is 5.17. The zero-order valence-corrected chi connectivity index (χ0v) is 12.5. The van der Waals surface area contributed by atoms with Crippen molar-refractivity contribution in [3.8, 4) is 0 Å². The summed E-state index contributed by atoms with van der Waals surface area (Å²) in [4.78, 5) is 13.8. The van der Waals surface area contributed by atoms with E-state index >= 15 is 0 Å². The lowest BCUT2D eigenvalue weighted by molar-refractivity contribution is 0.0953. The molecular formula is C13H19IN2O. The molecule has 0 spiro atoms. The summed E-state index contributed by atoms with van der Waals surface area (Å²) in [6.45, 7) is 0.761. The average molecular weight is 346 g/mol. The maximum atomic E-state index is 11.8. The van der Waals surface area contributed by atoms with Crippen LogP contribution in [0.2, 0.25) is 0 Å². The van der Waals surface area contributed by atoms with E-state index in [9.17, 15) is 4.79 Å². The number of benzene rings is 1. The molecule has 17 heavy (non-hydrogen) atoms. The first kappa shape index (κ1) is 14.3. The smallest absolute Gasteiger partial charge is 0.251 e. The molecule has 0 atom stereocenters. The highest BCUT2D eigenvalue weighted by Gasteiger charge is 2.04. The standard InChI is InChI=1S/C13H19IN2O/c1-16(2)12-7-5-11(6-8-12)13(17)15-10-4-3-9-14/h5-8H,3-4,9-10H2,1-2H3,(H,15,17). The number of carbonyl (C=O) groups is 1. The van der Waals surface area contributed by atoms with Crippen LogP contribution in [0.1, 0.15) is 23.2 Å². The second kappa shape index (κ2) is 7.53. The molecule has 1 amide bonds. The summed E-state index contributed by atoms with van der Waals surface area (Å²) in [7, 11) is 3.97. The van der Waals surface area contributed by atoms with Gasteiger partial charge in [0, 0.05) is 31.9 Å². The minimum Gasteiger partial charge on any atom is -0.378 e. The Hall–Kier alpha value is -0.780. The fourth-order valence-electron chi connectivity index (χ4n) is 1.43. The lowest BCUT2D eigenvalue weighted by Crippen LogP contribution is -2.24. The van der Waals surface area contributed by atoms with Crippen molar-refractivity contribution < 1.29 is 4.79 Å². The van der Waals surface area contributed by atoms with Crippen LogP contribution in [0.4, 0.5) is 5.69 Å². The van der Waals surface area contributed by atoms with Crippen molar-refractivity contribution in [2.24, 2.45) is 0 Å². The molecular weight excluding hydrogens is 327 g/mol. The van der Waals surface area contributed by atoms with Gasteiger partial charge in [-0.1, -0.05) is 22.6 Å². The zero-order valence-electron chi connectivity index (χ0n) is 10.4. The number of amides is 1. The number of anilines is 1. The molecule has 0 saturated carbocycles. The van der Waals surface area contributed by atoms with Gasteiger partial charge in [0.25, 0.3) is 5.91 Å². The molecule has 94 valence electrons. The molecule has 0 aliphatic rings. The lowest BCUT2D eigenvalue weighted by Gasteiger charge is -2.12. The van der Waals surface area contributed by atoms with Crippen LogP contribution < -0.4 is 10.2 Å². The molecule has 0 bridgehead atoms. The molecule has 0 unspecified atom stereocenters. The van der Waals surface area contributed by atoms with Crippen molar-refractivity contribution in [2.45, 2.75) is 12.8 Å². The molecule has 0 saturated heterocycles. The van der Waals surface area contributed by atoms with Crippen molar-refractivity contribution in [2.75, 3.05) is 30.0 Å². The van der Waals surface area contributed by atoms with Gasteiger partial charge in [-0.15, -0.1) is 0 Å². The van der Waals surface area contributed by atoms with Gasteiger partial charge in [-0.2, -0.15) is 0 Å². The first-order valence-corrected chi connectivity index (χ1v) is 7.29. The summed E-state index contributed by atoms with van der Waals surface area (Å²) in [6.07, 6.45) is 2.20. The minimum absolute atomic E-state index is 0.0174. The summed E-state index contributed by atoms with van der Waals surface area (Å²) in [6, 6.07) is 7.64. The van der Waals surface area contributed by atoms with E-state index in [1.807, 2.05) is 43.3 Å². The molecule has 4 heteroatoms. The van der Waals surface area contributed by atoms with E-state index in [1.54, 1.807) is 0 Å². The lowest BCUT2D eigenvalue weighted by atomic mass is 10.2. The molecule has 1 rings (SSSR count). The maximum absolute atomic E-state index is 11.8. The first-order valence-electron chi connectivity index (χ1n) is 5.76. The second-order valence-electron chi connectivity index (χ2n) is 4.09. The van der Waals surface area contributed by atoms with Gasteiger partial charge in [-0.3, -0.25) is 4.79 Å². The monoisotopic (exact) mass is 346 g/mol. The Morgan fingerprint density at radius 1 is 1.24 bits per heavy atom. The van der Waals surface area contributed by atoms with E-state index in [2.05, 4.69) is 27.9 Å². The third kappa shape index (κ3) is 4.93. The molecule has 1 aromatic carbocycles. The van der Waals surface area contributed by atoms with E-state index in [0.29, 0.717) is 0 Å². The Morgan fingerprint density at radius 3 is 2.41 bits per heavy atom. The van der Waals surface area contributed by atoms with Gasteiger partial charge >= 0.3 is 0 Å². The fraction of sp³-hybridized carbons (Fsp3) is 0.462. The summed E-state index contributed by atoms with van der Waals surface area (Å²) in [5, 5.41) is 2.93. The predicted octanol–water partition coefficient (Wildman–Crippen LogP) is 2.70. The van der Waals surface area contributed by atoms with Gasteiger partial charge in [0.2, 0.25) is 0 Å². The number of nitrogens with one attached hydrogen (secondary N) is 1. The molecule has 0 radical (unpaired) electrons. The van der Waals surface area contributed by atoms with Crippen molar-refractivity contribution in [3.05, 3.63) is 29.8 Å². The zero-order chi connectivity index (χ0) is 12.7. The Labute approximate surface area is 117 Å². The van der Waals surface area contributed by atoms with Crippen molar-refractivity contribution in [1.29, 1.82) is 0 Å². The van der Waals surface area contributed by atoms with E-state index in [1.165, 1.54) is 0 Å². The predicted molar refractivity (Wildman–Crippen MR) is 81.2 cm³/mol. The Balaban J connectivity index is 2.46.